The lowest BCUT2D eigenvalue weighted by Crippen LogP contribution is -2.28. The van der Waals surface area contributed by atoms with Crippen molar-refractivity contribution in [1.82, 2.24) is 5.32 Å². The van der Waals surface area contributed by atoms with Gasteiger partial charge in [0.25, 0.3) is 0 Å². The highest BCUT2D eigenvalue weighted by molar-refractivity contribution is 5.35. The molecule has 1 aliphatic rings. The normalized spacial score (nSPS) is 24.6. The topological polar surface area (TPSA) is 21.3 Å². The van der Waals surface area contributed by atoms with Crippen LogP contribution in [0.1, 0.15) is 31.7 Å². The standard InChI is InChI=1S/C14H21NO/c1-3-7-14(8-9-15-11-14)12-5-4-6-13(10-12)16-2/h4-6,10,15H,3,7-9,11H2,1-2H3/t14-/m1/s1. The maximum atomic E-state index is 5.32. The minimum atomic E-state index is 0.337. The molecule has 1 heterocycles. The summed E-state index contributed by atoms with van der Waals surface area (Å²) in [6.45, 7) is 4.51. The van der Waals surface area contributed by atoms with E-state index in [0.29, 0.717) is 5.41 Å². The number of nitrogens with one attached hydrogen (secondary N) is 1. The average molecular weight is 219 g/mol. The molecule has 0 saturated carbocycles. The van der Waals surface area contributed by atoms with Crippen molar-refractivity contribution in [2.75, 3.05) is 20.2 Å². The Kier molecular flexibility index (Phi) is 3.49. The third-order valence-electron chi connectivity index (χ3n) is 3.65. The van der Waals surface area contributed by atoms with Gasteiger partial charge in [-0.1, -0.05) is 25.5 Å². The summed E-state index contributed by atoms with van der Waals surface area (Å²) in [5, 5.41) is 3.49. The maximum absolute atomic E-state index is 5.32. The number of hydrogen-bond donors (Lipinski definition) is 1. The third kappa shape index (κ3) is 2.07. The van der Waals surface area contributed by atoms with E-state index in [1.54, 1.807) is 7.11 Å². The first-order chi connectivity index (χ1) is 7.80. The second kappa shape index (κ2) is 4.88. The van der Waals surface area contributed by atoms with Crippen LogP contribution in [-0.2, 0) is 5.41 Å². The van der Waals surface area contributed by atoms with Crippen LogP contribution in [0.4, 0.5) is 0 Å². The molecule has 1 saturated heterocycles. The highest BCUT2D eigenvalue weighted by Gasteiger charge is 2.34. The zero-order valence-electron chi connectivity index (χ0n) is 10.3. The van der Waals surface area contributed by atoms with E-state index in [0.717, 1.165) is 18.8 Å². The lowest BCUT2D eigenvalue weighted by molar-refractivity contribution is 0.402. The van der Waals surface area contributed by atoms with Gasteiger partial charge in [-0.3, -0.25) is 0 Å². The molecule has 2 nitrogen and oxygen atoms in total. The Morgan fingerprint density at radius 2 is 2.31 bits per heavy atom. The zero-order valence-corrected chi connectivity index (χ0v) is 10.3. The molecule has 0 amide bonds. The van der Waals surface area contributed by atoms with Gasteiger partial charge >= 0.3 is 0 Å². The molecule has 0 unspecified atom stereocenters. The molecule has 0 bridgehead atoms. The number of benzene rings is 1. The summed E-state index contributed by atoms with van der Waals surface area (Å²) < 4.78 is 5.32. The fraction of sp³-hybridized carbons (Fsp3) is 0.571. The van der Waals surface area contributed by atoms with Gasteiger partial charge in [0.2, 0.25) is 0 Å². The Morgan fingerprint density at radius 3 is 2.94 bits per heavy atom. The van der Waals surface area contributed by atoms with Crippen molar-refractivity contribution in [3.63, 3.8) is 0 Å². The summed E-state index contributed by atoms with van der Waals surface area (Å²) >= 11 is 0. The molecule has 1 fully saturated rings. The van der Waals surface area contributed by atoms with Crippen molar-refractivity contribution < 1.29 is 4.74 Å². The molecule has 1 aromatic carbocycles. The van der Waals surface area contributed by atoms with E-state index < -0.39 is 0 Å². The summed E-state index contributed by atoms with van der Waals surface area (Å²) in [5.41, 5.74) is 1.77. The summed E-state index contributed by atoms with van der Waals surface area (Å²) in [5.74, 6) is 0.972. The van der Waals surface area contributed by atoms with Crippen molar-refractivity contribution in [3.8, 4) is 5.75 Å². The van der Waals surface area contributed by atoms with Crippen LogP contribution in [0, 0.1) is 0 Å². The van der Waals surface area contributed by atoms with E-state index in [9.17, 15) is 0 Å². The van der Waals surface area contributed by atoms with Crippen LogP contribution in [0.5, 0.6) is 5.75 Å². The monoisotopic (exact) mass is 219 g/mol. The molecule has 2 heteroatoms. The first-order valence-electron chi connectivity index (χ1n) is 6.16. The van der Waals surface area contributed by atoms with Crippen LogP contribution in [0.2, 0.25) is 0 Å². The van der Waals surface area contributed by atoms with Gasteiger partial charge in [-0.2, -0.15) is 0 Å². The molecule has 1 atom stereocenters. The molecular formula is C14H21NO. The first-order valence-corrected chi connectivity index (χ1v) is 6.16. The molecule has 2 rings (SSSR count). The quantitative estimate of drug-likeness (QED) is 0.840. The number of rotatable bonds is 4. The average Bonchev–Trinajstić information content (AvgIpc) is 2.80. The lowest BCUT2D eigenvalue weighted by atomic mass is 9.76. The lowest BCUT2D eigenvalue weighted by Gasteiger charge is -2.28. The zero-order chi connectivity index (χ0) is 11.4. The number of methoxy groups -OCH3 is 1. The van der Waals surface area contributed by atoms with Crippen molar-refractivity contribution in [3.05, 3.63) is 29.8 Å². The van der Waals surface area contributed by atoms with Crippen molar-refractivity contribution in [2.24, 2.45) is 0 Å². The van der Waals surface area contributed by atoms with Gasteiger partial charge in [0.15, 0.2) is 0 Å². The van der Waals surface area contributed by atoms with Gasteiger partial charge < -0.3 is 10.1 Å². The van der Waals surface area contributed by atoms with Crippen LogP contribution in [0.25, 0.3) is 0 Å². The SMILES string of the molecule is CCC[C@@]1(c2cccc(OC)c2)CCNC1. The fourth-order valence-electron chi connectivity index (χ4n) is 2.78. The molecule has 1 N–H and O–H groups in total. The predicted molar refractivity (Wildman–Crippen MR) is 67.1 cm³/mol. The minimum absolute atomic E-state index is 0.337. The van der Waals surface area contributed by atoms with E-state index in [4.69, 9.17) is 4.74 Å². The van der Waals surface area contributed by atoms with Crippen LogP contribution in [0.15, 0.2) is 24.3 Å². The molecule has 0 spiro atoms. The number of hydrogen-bond acceptors (Lipinski definition) is 2. The van der Waals surface area contributed by atoms with Gasteiger partial charge in [-0.05, 0) is 37.1 Å². The Hall–Kier alpha value is -1.02. The summed E-state index contributed by atoms with van der Waals surface area (Å²) in [6, 6.07) is 8.56. The van der Waals surface area contributed by atoms with Crippen molar-refractivity contribution in [1.29, 1.82) is 0 Å². The summed E-state index contributed by atoms with van der Waals surface area (Å²) in [7, 11) is 1.73. The minimum Gasteiger partial charge on any atom is -0.497 e. The van der Waals surface area contributed by atoms with E-state index >= 15 is 0 Å². The molecule has 0 aromatic heterocycles. The summed E-state index contributed by atoms with van der Waals surface area (Å²) in [6.07, 6.45) is 3.74. The summed E-state index contributed by atoms with van der Waals surface area (Å²) in [4.78, 5) is 0. The Morgan fingerprint density at radius 1 is 1.44 bits per heavy atom. The largest absolute Gasteiger partial charge is 0.497 e. The van der Waals surface area contributed by atoms with E-state index in [2.05, 4.69) is 30.4 Å². The van der Waals surface area contributed by atoms with Gasteiger partial charge in [-0.15, -0.1) is 0 Å². The van der Waals surface area contributed by atoms with Crippen LogP contribution in [-0.4, -0.2) is 20.2 Å². The first kappa shape index (κ1) is 11.5. The van der Waals surface area contributed by atoms with E-state index in [1.807, 2.05) is 6.07 Å². The Bertz CT molecular complexity index is 342. The molecule has 88 valence electrons. The van der Waals surface area contributed by atoms with E-state index in [-0.39, 0.29) is 0 Å². The highest BCUT2D eigenvalue weighted by Crippen LogP contribution is 2.36. The van der Waals surface area contributed by atoms with Crippen molar-refractivity contribution in [2.45, 2.75) is 31.6 Å². The predicted octanol–water partition coefficient (Wildman–Crippen LogP) is 2.73. The molecule has 1 aromatic rings. The second-order valence-electron chi connectivity index (χ2n) is 4.69. The second-order valence-corrected chi connectivity index (χ2v) is 4.69. The molecule has 1 aliphatic heterocycles. The van der Waals surface area contributed by atoms with Crippen molar-refractivity contribution >= 4 is 0 Å². The highest BCUT2D eigenvalue weighted by atomic mass is 16.5. The molecular weight excluding hydrogens is 198 g/mol. The smallest absolute Gasteiger partial charge is 0.119 e. The maximum Gasteiger partial charge on any atom is 0.119 e. The van der Waals surface area contributed by atoms with Gasteiger partial charge in [-0.25, -0.2) is 0 Å². The molecule has 0 aliphatic carbocycles. The van der Waals surface area contributed by atoms with Gasteiger partial charge in [0.05, 0.1) is 7.11 Å². The van der Waals surface area contributed by atoms with Crippen LogP contribution in [0.3, 0.4) is 0 Å². The van der Waals surface area contributed by atoms with Gasteiger partial charge in [0, 0.05) is 12.0 Å². The van der Waals surface area contributed by atoms with Crippen LogP contribution >= 0.6 is 0 Å². The van der Waals surface area contributed by atoms with E-state index in [1.165, 1.54) is 24.8 Å². The number of ether oxygens (including phenoxy) is 1. The molecule has 16 heavy (non-hydrogen) atoms. The Labute approximate surface area is 98.0 Å². The molecule has 0 radical (unpaired) electrons. The third-order valence-corrected chi connectivity index (χ3v) is 3.65. The van der Waals surface area contributed by atoms with Gasteiger partial charge in [0.1, 0.15) is 5.75 Å². The Balaban J connectivity index is 2.30. The van der Waals surface area contributed by atoms with Crippen LogP contribution < -0.4 is 10.1 Å². The fourth-order valence-corrected chi connectivity index (χ4v) is 2.78.